The SMILES string of the molecule is COC(=O)c1c(S(=O)(=O)Nc2ccccc2)sc2c1CCN(Cc1ccccc1C)C2. The van der Waals surface area contributed by atoms with E-state index < -0.39 is 16.0 Å². The van der Waals surface area contributed by atoms with Crippen LogP contribution in [0.15, 0.2) is 58.8 Å². The van der Waals surface area contributed by atoms with Crippen molar-refractivity contribution in [3.05, 3.63) is 81.7 Å². The Labute approximate surface area is 186 Å². The highest BCUT2D eigenvalue weighted by atomic mass is 32.2. The molecule has 1 N–H and O–H groups in total. The van der Waals surface area contributed by atoms with Crippen molar-refractivity contribution < 1.29 is 17.9 Å². The van der Waals surface area contributed by atoms with Crippen molar-refractivity contribution in [2.75, 3.05) is 18.4 Å². The molecule has 31 heavy (non-hydrogen) atoms. The molecule has 1 aliphatic heterocycles. The third-order valence-corrected chi connectivity index (χ3v) is 8.53. The molecule has 0 unspecified atom stereocenters. The second-order valence-electron chi connectivity index (χ2n) is 7.52. The first-order chi connectivity index (χ1) is 14.9. The monoisotopic (exact) mass is 456 g/mol. The zero-order valence-corrected chi connectivity index (χ0v) is 19.1. The van der Waals surface area contributed by atoms with Crippen molar-refractivity contribution in [3.63, 3.8) is 0 Å². The van der Waals surface area contributed by atoms with Gasteiger partial charge >= 0.3 is 5.97 Å². The van der Waals surface area contributed by atoms with Crippen LogP contribution in [0.5, 0.6) is 0 Å². The van der Waals surface area contributed by atoms with Gasteiger partial charge in [-0.15, -0.1) is 11.3 Å². The molecule has 0 radical (unpaired) electrons. The van der Waals surface area contributed by atoms with Gasteiger partial charge in [0.05, 0.1) is 12.7 Å². The van der Waals surface area contributed by atoms with Gasteiger partial charge in [-0.25, -0.2) is 13.2 Å². The van der Waals surface area contributed by atoms with Crippen LogP contribution in [-0.2, 0) is 34.3 Å². The Balaban J connectivity index is 1.66. The van der Waals surface area contributed by atoms with E-state index in [1.165, 1.54) is 18.2 Å². The molecular weight excluding hydrogens is 432 g/mol. The number of methoxy groups -OCH3 is 1. The van der Waals surface area contributed by atoms with E-state index in [1.54, 1.807) is 24.3 Å². The van der Waals surface area contributed by atoms with Gasteiger partial charge in [0.15, 0.2) is 4.21 Å². The van der Waals surface area contributed by atoms with Gasteiger partial charge in [-0.05, 0) is 42.2 Å². The number of nitrogens with one attached hydrogen (secondary N) is 1. The van der Waals surface area contributed by atoms with Gasteiger partial charge in [0.2, 0.25) is 0 Å². The summed E-state index contributed by atoms with van der Waals surface area (Å²) < 4.78 is 33.9. The molecule has 3 aromatic rings. The highest BCUT2D eigenvalue weighted by Crippen LogP contribution is 2.37. The summed E-state index contributed by atoms with van der Waals surface area (Å²) in [6.45, 7) is 4.21. The molecule has 1 aromatic heterocycles. The predicted molar refractivity (Wildman–Crippen MR) is 122 cm³/mol. The second-order valence-corrected chi connectivity index (χ2v) is 10.5. The Morgan fingerprint density at radius 1 is 1.13 bits per heavy atom. The normalized spacial score (nSPS) is 14.1. The lowest BCUT2D eigenvalue weighted by Gasteiger charge is -2.27. The summed E-state index contributed by atoms with van der Waals surface area (Å²) in [6.07, 6.45) is 0.600. The summed E-state index contributed by atoms with van der Waals surface area (Å²) in [5.74, 6) is -0.613. The number of nitrogens with zero attached hydrogens (tertiary/aromatic N) is 1. The minimum Gasteiger partial charge on any atom is -0.465 e. The highest BCUT2D eigenvalue weighted by molar-refractivity contribution is 7.94. The van der Waals surface area contributed by atoms with E-state index in [-0.39, 0.29) is 9.77 Å². The lowest BCUT2D eigenvalue weighted by Crippen LogP contribution is -2.30. The fourth-order valence-electron chi connectivity index (χ4n) is 3.80. The Morgan fingerprint density at radius 3 is 2.55 bits per heavy atom. The predicted octanol–water partition coefficient (Wildman–Crippen LogP) is 4.20. The molecular formula is C23H24N2O4S2. The highest BCUT2D eigenvalue weighted by Gasteiger charge is 2.34. The molecule has 2 heterocycles. The summed E-state index contributed by atoms with van der Waals surface area (Å²) in [5.41, 5.74) is 3.87. The number of aryl methyl sites for hydroxylation is 1. The lowest BCUT2D eigenvalue weighted by molar-refractivity contribution is 0.0595. The van der Waals surface area contributed by atoms with Crippen molar-refractivity contribution in [2.24, 2.45) is 0 Å². The van der Waals surface area contributed by atoms with Crippen molar-refractivity contribution in [2.45, 2.75) is 30.6 Å². The Morgan fingerprint density at radius 2 is 1.84 bits per heavy atom. The standard InChI is InChI=1S/C23H24N2O4S2/c1-16-8-6-7-9-17(16)14-25-13-12-19-20(15-25)30-23(21(19)22(26)29-2)31(27,28)24-18-10-4-3-5-11-18/h3-11,24H,12-15H2,1-2H3. The van der Waals surface area contributed by atoms with E-state index in [1.807, 2.05) is 18.2 Å². The first-order valence-corrected chi connectivity index (χ1v) is 12.3. The van der Waals surface area contributed by atoms with Crippen molar-refractivity contribution in [1.29, 1.82) is 0 Å². The first-order valence-electron chi connectivity index (χ1n) is 9.96. The van der Waals surface area contributed by atoms with Gasteiger partial charge in [-0.3, -0.25) is 9.62 Å². The van der Waals surface area contributed by atoms with Crippen LogP contribution in [0, 0.1) is 6.92 Å². The topological polar surface area (TPSA) is 75.7 Å². The number of para-hydroxylation sites is 1. The maximum atomic E-state index is 13.2. The summed E-state index contributed by atoms with van der Waals surface area (Å²) in [6, 6.07) is 16.9. The molecule has 6 nitrogen and oxygen atoms in total. The maximum Gasteiger partial charge on any atom is 0.340 e. The van der Waals surface area contributed by atoms with Gasteiger partial charge in [0, 0.05) is 30.2 Å². The maximum absolute atomic E-state index is 13.2. The molecule has 4 rings (SSSR count). The lowest BCUT2D eigenvalue weighted by atomic mass is 10.0. The molecule has 8 heteroatoms. The molecule has 0 aliphatic carbocycles. The molecule has 0 saturated heterocycles. The second kappa shape index (κ2) is 8.82. The van der Waals surface area contributed by atoms with Gasteiger partial charge in [0.25, 0.3) is 10.0 Å². The zero-order chi connectivity index (χ0) is 22.0. The average molecular weight is 457 g/mol. The molecule has 0 atom stereocenters. The molecule has 1 aliphatic rings. The third kappa shape index (κ3) is 4.51. The zero-order valence-electron chi connectivity index (χ0n) is 17.4. The summed E-state index contributed by atoms with van der Waals surface area (Å²) in [7, 11) is -2.65. The van der Waals surface area contributed by atoms with Crippen LogP contribution in [-0.4, -0.2) is 32.9 Å². The van der Waals surface area contributed by atoms with E-state index in [0.29, 0.717) is 18.7 Å². The quantitative estimate of drug-likeness (QED) is 0.563. The molecule has 0 fully saturated rings. The van der Waals surface area contributed by atoms with Gasteiger partial charge in [-0.2, -0.15) is 0 Å². The third-order valence-electron chi connectivity index (χ3n) is 5.42. The van der Waals surface area contributed by atoms with Gasteiger partial charge in [0.1, 0.15) is 0 Å². The smallest absolute Gasteiger partial charge is 0.340 e. The molecule has 0 amide bonds. The van der Waals surface area contributed by atoms with E-state index in [9.17, 15) is 13.2 Å². The number of carbonyl (C=O) groups is 1. The van der Waals surface area contributed by atoms with Crippen LogP contribution in [0.4, 0.5) is 5.69 Å². The largest absolute Gasteiger partial charge is 0.465 e. The Hall–Kier alpha value is -2.68. The number of anilines is 1. The van der Waals surface area contributed by atoms with E-state index in [4.69, 9.17) is 4.74 Å². The number of hydrogen-bond acceptors (Lipinski definition) is 6. The molecule has 2 aromatic carbocycles. The average Bonchev–Trinajstić information content (AvgIpc) is 3.15. The number of ether oxygens (including phenoxy) is 1. The Kier molecular flexibility index (Phi) is 6.13. The summed E-state index contributed by atoms with van der Waals surface area (Å²) >= 11 is 1.16. The van der Waals surface area contributed by atoms with Crippen LogP contribution in [0.2, 0.25) is 0 Å². The number of fused-ring (bicyclic) bond motifs is 1. The molecule has 162 valence electrons. The number of carbonyl (C=O) groups excluding carboxylic acids is 1. The van der Waals surface area contributed by atoms with Crippen molar-refractivity contribution in [1.82, 2.24) is 4.90 Å². The summed E-state index contributed by atoms with van der Waals surface area (Å²) in [4.78, 5) is 15.7. The van der Waals surface area contributed by atoms with Crippen LogP contribution in [0.3, 0.4) is 0 Å². The van der Waals surface area contributed by atoms with Gasteiger partial charge in [-0.1, -0.05) is 42.5 Å². The number of rotatable bonds is 6. The number of hydrogen-bond donors (Lipinski definition) is 1. The Bertz CT molecular complexity index is 1200. The van der Waals surface area contributed by atoms with E-state index >= 15 is 0 Å². The minimum atomic E-state index is -3.93. The van der Waals surface area contributed by atoms with Crippen molar-refractivity contribution >= 4 is 33.0 Å². The fraction of sp³-hybridized carbons (Fsp3) is 0.261. The molecule has 0 saturated carbocycles. The van der Waals surface area contributed by atoms with Crippen molar-refractivity contribution in [3.8, 4) is 0 Å². The molecule has 0 bridgehead atoms. The molecule has 0 spiro atoms. The number of benzene rings is 2. The summed E-state index contributed by atoms with van der Waals surface area (Å²) in [5, 5.41) is 0. The van der Waals surface area contributed by atoms with E-state index in [2.05, 4.69) is 28.7 Å². The number of thiophene rings is 1. The van der Waals surface area contributed by atoms with Gasteiger partial charge < -0.3 is 4.74 Å². The minimum absolute atomic E-state index is 0.0194. The van der Waals surface area contributed by atoms with Crippen LogP contribution < -0.4 is 4.72 Å². The van der Waals surface area contributed by atoms with Crippen LogP contribution in [0.1, 0.15) is 31.9 Å². The fourth-order valence-corrected chi connectivity index (χ4v) is 6.79. The van der Waals surface area contributed by atoms with Crippen LogP contribution >= 0.6 is 11.3 Å². The first kappa shape index (κ1) is 21.5. The number of sulfonamides is 1. The number of esters is 1. The van der Waals surface area contributed by atoms with E-state index in [0.717, 1.165) is 34.9 Å². The van der Waals surface area contributed by atoms with Crippen LogP contribution in [0.25, 0.3) is 0 Å².